The second-order valence-electron chi connectivity index (χ2n) is 7.40. The highest BCUT2D eigenvalue weighted by molar-refractivity contribution is 14.0. The van der Waals surface area contributed by atoms with E-state index in [-0.39, 0.29) is 24.0 Å². The Hall–Kier alpha value is -2.42. The van der Waals surface area contributed by atoms with Crippen LogP contribution in [0.25, 0.3) is 10.9 Å². The van der Waals surface area contributed by atoms with Gasteiger partial charge in [0, 0.05) is 44.3 Å². The predicted molar refractivity (Wildman–Crippen MR) is 139 cm³/mol. The molecule has 0 saturated carbocycles. The molecule has 0 saturated heterocycles. The number of guanidine groups is 1. The summed E-state index contributed by atoms with van der Waals surface area (Å²) in [6.45, 7) is 3.84. The zero-order chi connectivity index (χ0) is 21.5. The van der Waals surface area contributed by atoms with E-state index < -0.39 is 0 Å². The number of aryl methyl sites for hydroxylation is 1. The Labute approximate surface area is 202 Å². The van der Waals surface area contributed by atoms with Gasteiger partial charge in [-0.15, -0.1) is 24.0 Å². The predicted octanol–water partition coefficient (Wildman–Crippen LogP) is 4.40. The number of benzene rings is 2. The van der Waals surface area contributed by atoms with E-state index in [0.717, 1.165) is 43.4 Å². The van der Waals surface area contributed by atoms with Crippen molar-refractivity contribution in [2.24, 2.45) is 4.99 Å². The largest absolute Gasteiger partial charge is 0.493 e. The fourth-order valence-corrected chi connectivity index (χ4v) is 3.78. The number of hydrogen-bond acceptors (Lipinski definition) is 3. The Morgan fingerprint density at radius 3 is 2.58 bits per heavy atom. The van der Waals surface area contributed by atoms with Crippen LogP contribution in [-0.2, 0) is 12.8 Å². The highest BCUT2D eigenvalue weighted by Gasteiger charge is 2.10. The van der Waals surface area contributed by atoms with Gasteiger partial charge in [0.05, 0.1) is 14.2 Å². The van der Waals surface area contributed by atoms with Crippen LogP contribution in [0.15, 0.2) is 47.6 Å². The van der Waals surface area contributed by atoms with Gasteiger partial charge in [-0.3, -0.25) is 4.99 Å². The summed E-state index contributed by atoms with van der Waals surface area (Å²) in [6, 6.07) is 12.4. The fourth-order valence-electron chi connectivity index (χ4n) is 3.78. The van der Waals surface area contributed by atoms with Crippen LogP contribution in [0.4, 0.5) is 0 Å². The van der Waals surface area contributed by atoms with E-state index in [1.54, 1.807) is 14.2 Å². The second kappa shape index (κ2) is 11.8. The molecule has 0 aliphatic heterocycles. The summed E-state index contributed by atoms with van der Waals surface area (Å²) in [5.74, 6) is 2.40. The summed E-state index contributed by atoms with van der Waals surface area (Å²) in [6.07, 6.45) is 3.94. The number of rotatable bonds is 8. The van der Waals surface area contributed by atoms with Crippen molar-refractivity contribution in [3.05, 3.63) is 59.3 Å². The van der Waals surface area contributed by atoms with Crippen LogP contribution in [0.5, 0.6) is 11.5 Å². The van der Waals surface area contributed by atoms with Gasteiger partial charge in [0.15, 0.2) is 17.5 Å². The number of nitrogens with zero attached hydrogens (tertiary/aromatic N) is 2. The minimum Gasteiger partial charge on any atom is -0.493 e. The molecular weight excluding hydrogens is 503 g/mol. The number of aromatic amines is 1. The average Bonchev–Trinajstić information content (AvgIpc) is 3.19. The van der Waals surface area contributed by atoms with Gasteiger partial charge in [0.1, 0.15) is 0 Å². The van der Waals surface area contributed by atoms with Crippen molar-refractivity contribution in [1.82, 2.24) is 15.2 Å². The zero-order valence-electron chi connectivity index (χ0n) is 19.0. The Bertz CT molecular complexity index is 1020. The minimum atomic E-state index is 0. The van der Waals surface area contributed by atoms with Crippen molar-refractivity contribution in [3.8, 4) is 11.5 Å². The van der Waals surface area contributed by atoms with Crippen LogP contribution in [-0.4, -0.2) is 57.2 Å². The number of fused-ring (bicyclic) bond motifs is 1. The molecule has 0 bridgehead atoms. The summed E-state index contributed by atoms with van der Waals surface area (Å²) in [7, 11) is 7.20. The number of methoxy groups -OCH3 is 2. The maximum Gasteiger partial charge on any atom is 0.193 e. The number of hydrogen-bond donors (Lipinski definition) is 2. The topological polar surface area (TPSA) is 61.9 Å². The third-order valence-electron chi connectivity index (χ3n) is 5.43. The van der Waals surface area contributed by atoms with Crippen molar-refractivity contribution < 1.29 is 9.47 Å². The molecule has 3 rings (SSSR count). The van der Waals surface area contributed by atoms with Crippen molar-refractivity contribution in [3.63, 3.8) is 0 Å². The molecule has 6 nitrogen and oxygen atoms in total. The molecule has 3 aromatic rings. The first-order chi connectivity index (χ1) is 14.6. The van der Waals surface area contributed by atoms with E-state index >= 15 is 0 Å². The Balaban J connectivity index is 0.00000341. The smallest absolute Gasteiger partial charge is 0.193 e. The SMILES string of the molecule is CN=C(NCCc1c[nH]c2cccc(C)c12)N(C)CCc1ccc(OC)c(OC)c1.I. The summed E-state index contributed by atoms with van der Waals surface area (Å²) in [5, 5.41) is 4.82. The van der Waals surface area contributed by atoms with Crippen LogP contribution in [0.2, 0.25) is 0 Å². The van der Waals surface area contributed by atoms with Crippen molar-refractivity contribution in [1.29, 1.82) is 0 Å². The summed E-state index contributed by atoms with van der Waals surface area (Å²) < 4.78 is 10.7. The highest BCUT2D eigenvalue weighted by atomic mass is 127. The molecule has 31 heavy (non-hydrogen) atoms. The molecule has 2 N–H and O–H groups in total. The van der Waals surface area contributed by atoms with Crippen LogP contribution in [0.1, 0.15) is 16.7 Å². The first-order valence-electron chi connectivity index (χ1n) is 10.3. The molecule has 0 aliphatic carbocycles. The normalized spacial score (nSPS) is 11.2. The van der Waals surface area contributed by atoms with Crippen molar-refractivity contribution in [2.75, 3.05) is 41.4 Å². The monoisotopic (exact) mass is 536 g/mol. The number of H-pyrrole nitrogens is 1. The second-order valence-corrected chi connectivity index (χ2v) is 7.40. The van der Waals surface area contributed by atoms with E-state index in [4.69, 9.17) is 9.47 Å². The van der Waals surface area contributed by atoms with Gasteiger partial charge in [-0.25, -0.2) is 0 Å². The molecule has 0 aliphatic rings. The van der Waals surface area contributed by atoms with Crippen LogP contribution in [0, 0.1) is 6.92 Å². The highest BCUT2D eigenvalue weighted by Crippen LogP contribution is 2.27. The lowest BCUT2D eigenvalue weighted by Crippen LogP contribution is -2.40. The van der Waals surface area contributed by atoms with E-state index in [1.165, 1.54) is 27.6 Å². The van der Waals surface area contributed by atoms with Gasteiger partial charge in [-0.2, -0.15) is 0 Å². The quantitative estimate of drug-likeness (QED) is 0.255. The maximum absolute atomic E-state index is 5.40. The minimum absolute atomic E-state index is 0. The van der Waals surface area contributed by atoms with Crippen molar-refractivity contribution in [2.45, 2.75) is 19.8 Å². The van der Waals surface area contributed by atoms with E-state index in [1.807, 2.05) is 19.2 Å². The Morgan fingerprint density at radius 2 is 1.87 bits per heavy atom. The number of aliphatic imine (C=N–C) groups is 1. The van der Waals surface area contributed by atoms with Gasteiger partial charge in [-0.05, 0) is 54.7 Å². The number of halogens is 1. The lowest BCUT2D eigenvalue weighted by atomic mass is 10.1. The molecule has 1 heterocycles. The maximum atomic E-state index is 5.40. The molecule has 0 radical (unpaired) electrons. The van der Waals surface area contributed by atoms with E-state index in [2.05, 4.69) is 64.6 Å². The Kier molecular flexibility index (Phi) is 9.48. The van der Waals surface area contributed by atoms with Gasteiger partial charge in [0.2, 0.25) is 0 Å². The molecule has 0 atom stereocenters. The average molecular weight is 536 g/mol. The summed E-state index contributed by atoms with van der Waals surface area (Å²) in [4.78, 5) is 9.96. The molecule has 7 heteroatoms. The van der Waals surface area contributed by atoms with Gasteiger partial charge < -0.3 is 24.7 Å². The molecule has 2 aromatic carbocycles. The molecule has 0 amide bonds. The standard InChI is InChI=1S/C24H32N4O2.HI/c1-17-7-6-8-20-23(17)19(16-27-20)11-13-26-24(25-2)28(3)14-12-18-9-10-21(29-4)22(15-18)30-5;/h6-10,15-16,27H,11-14H2,1-5H3,(H,25,26);1H. The number of likely N-dealkylation sites (N-methyl/N-ethyl adjacent to an activating group) is 1. The van der Waals surface area contributed by atoms with Crippen LogP contribution < -0.4 is 14.8 Å². The third kappa shape index (κ3) is 6.06. The number of ether oxygens (including phenoxy) is 2. The molecule has 0 unspecified atom stereocenters. The lowest BCUT2D eigenvalue weighted by molar-refractivity contribution is 0.354. The Morgan fingerprint density at radius 1 is 1.10 bits per heavy atom. The molecule has 0 fully saturated rings. The number of nitrogens with one attached hydrogen (secondary N) is 2. The van der Waals surface area contributed by atoms with E-state index in [0.29, 0.717) is 0 Å². The number of aromatic nitrogens is 1. The fraction of sp³-hybridized carbons (Fsp3) is 0.375. The zero-order valence-corrected chi connectivity index (χ0v) is 21.3. The summed E-state index contributed by atoms with van der Waals surface area (Å²) >= 11 is 0. The molecule has 0 spiro atoms. The molecule has 1 aromatic heterocycles. The van der Waals surface area contributed by atoms with Gasteiger partial charge in [-0.1, -0.05) is 18.2 Å². The third-order valence-corrected chi connectivity index (χ3v) is 5.43. The first kappa shape index (κ1) is 24.8. The van der Waals surface area contributed by atoms with Crippen LogP contribution >= 0.6 is 24.0 Å². The lowest BCUT2D eigenvalue weighted by Gasteiger charge is -2.22. The van der Waals surface area contributed by atoms with E-state index in [9.17, 15) is 0 Å². The van der Waals surface area contributed by atoms with Gasteiger partial charge >= 0.3 is 0 Å². The van der Waals surface area contributed by atoms with Gasteiger partial charge in [0.25, 0.3) is 0 Å². The molecule has 168 valence electrons. The first-order valence-corrected chi connectivity index (χ1v) is 10.3. The van der Waals surface area contributed by atoms with Crippen molar-refractivity contribution >= 4 is 40.8 Å². The van der Waals surface area contributed by atoms with Crippen LogP contribution in [0.3, 0.4) is 0 Å². The summed E-state index contributed by atoms with van der Waals surface area (Å²) in [5.41, 5.74) is 5.03. The molecular formula is C24H33IN4O2.